The average Bonchev–Trinajstić information content (AvgIpc) is 2.53. The molecule has 1 heterocycles. The van der Waals surface area contributed by atoms with E-state index in [0.29, 0.717) is 19.4 Å². The maximum absolute atomic E-state index is 12.1. The zero-order chi connectivity index (χ0) is 16.7. The van der Waals surface area contributed by atoms with Gasteiger partial charge in [-0.1, -0.05) is 30.3 Å². The normalized spacial score (nSPS) is 20.9. The van der Waals surface area contributed by atoms with E-state index in [4.69, 9.17) is 9.47 Å². The molecule has 2 rings (SSSR count). The van der Waals surface area contributed by atoms with E-state index in [-0.39, 0.29) is 26.2 Å². The Kier molecular flexibility index (Phi) is 5.98. The number of nitrogens with zero attached hydrogens (tertiary/aromatic N) is 1. The molecule has 1 aliphatic rings. The predicted octanol–water partition coefficient (Wildman–Crippen LogP) is 2.10. The van der Waals surface area contributed by atoms with E-state index in [9.17, 15) is 14.7 Å². The van der Waals surface area contributed by atoms with E-state index in [2.05, 4.69) is 0 Å². The minimum absolute atomic E-state index is 0.0828. The van der Waals surface area contributed by atoms with Gasteiger partial charge in [-0.3, -0.25) is 4.79 Å². The second kappa shape index (κ2) is 7.97. The largest absolute Gasteiger partial charge is 0.466 e. The molecule has 0 radical (unpaired) electrons. The molecule has 1 fully saturated rings. The number of hydrogen-bond acceptors (Lipinski definition) is 5. The van der Waals surface area contributed by atoms with Crippen LogP contribution in [0.2, 0.25) is 0 Å². The highest BCUT2D eigenvalue weighted by Gasteiger charge is 2.38. The molecule has 1 saturated heterocycles. The predicted molar refractivity (Wildman–Crippen MR) is 83.6 cm³/mol. The highest BCUT2D eigenvalue weighted by molar-refractivity contribution is 5.71. The molecule has 0 aliphatic carbocycles. The fourth-order valence-electron chi connectivity index (χ4n) is 2.70. The number of rotatable bonds is 5. The Morgan fingerprint density at radius 2 is 2.00 bits per heavy atom. The topological polar surface area (TPSA) is 76.1 Å². The summed E-state index contributed by atoms with van der Waals surface area (Å²) in [5, 5.41) is 10.5. The number of likely N-dealkylation sites (tertiary alicyclic amines) is 1. The minimum Gasteiger partial charge on any atom is -0.466 e. The van der Waals surface area contributed by atoms with Gasteiger partial charge in [-0.05, 0) is 25.3 Å². The molecule has 1 amide bonds. The van der Waals surface area contributed by atoms with E-state index in [1.54, 1.807) is 6.92 Å². The summed E-state index contributed by atoms with van der Waals surface area (Å²) in [6.07, 6.45) is 0.504. The number of β-amino-alcohol motifs (C(OH)–C–C–N with tert-alkyl or cyclic N) is 1. The highest BCUT2D eigenvalue weighted by atomic mass is 16.6. The number of carbonyl (C=O) groups is 2. The van der Waals surface area contributed by atoms with Crippen molar-refractivity contribution in [2.45, 2.75) is 38.4 Å². The molecule has 6 nitrogen and oxygen atoms in total. The summed E-state index contributed by atoms with van der Waals surface area (Å²) >= 11 is 0. The summed E-state index contributed by atoms with van der Waals surface area (Å²) in [6.45, 7) is 2.78. The number of piperidine rings is 1. The van der Waals surface area contributed by atoms with Crippen LogP contribution in [0.1, 0.15) is 31.7 Å². The van der Waals surface area contributed by atoms with E-state index >= 15 is 0 Å². The van der Waals surface area contributed by atoms with Crippen molar-refractivity contribution in [3.8, 4) is 0 Å². The molecule has 1 N–H and O–H groups in total. The maximum atomic E-state index is 12.1. The van der Waals surface area contributed by atoms with Crippen molar-refractivity contribution in [3.05, 3.63) is 35.9 Å². The molecule has 6 heteroatoms. The monoisotopic (exact) mass is 321 g/mol. The number of hydrogen-bond donors (Lipinski definition) is 1. The molecule has 1 unspecified atom stereocenters. The van der Waals surface area contributed by atoms with Crippen molar-refractivity contribution >= 4 is 12.1 Å². The summed E-state index contributed by atoms with van der Waals surface area (Å²) in [7, 11) is 0. The Hall–Kier alpha value is -2.08. The van der Waals surface area contributed by atoms with Crippen LogP contribution in [0.3, 0.4) is 0 Å². The van der Waals surface area contributed by atoms with Crippen LogP contribution in [0.5, 0.6) is 0 Å². The van der Waals surface area contributed by atoms with Gasteiger partial charge in [-0.25, -0.2) is 4.79 Å². The molecule has 1 aliphatic heterocycles. The zero-order valence-electron chi connectivity index (χ0n) is 13.4. The lowest BCUT2D eigenvalue weighted by atomic mass is 9.90. The molecule has 0 saturated carbocycles. The number of esters is 1. The van der Waals surface area contributed by atoms with Crippen LogP contribution in [-0.4, -0.2) is 47.4 Å². The Morgan fingerprint density at radius 1 is 1.26 bits per heavy atom. The number of benzene rings is 1. The third-order valence-corrected chi connectivity index (χ3v) is 3.80. The summed E-state index contributed by atoms with van der Waals surface area (Å²) in [4.78, 5) is 25.2. The summed E-state index contributed by atoms with van der Waals surface area (Å²) in [5.41, 5.74) is -0.337. The quantitative estimate of drug-likeness (QED) is 0.841. The van der Waals surface area contributed by atoms with Crippen molar-refractivity contribution < 1.29 is 24.2 Å². The Balaban J connectivity index is 1.87. The smallest absolute Gasteiger partial charge is 0.410 e. The first kappa shape index (κ1) is 17.3. The summed E-state index contributed by atoms with van der Waals surface area (Å²) in [6, 6.07) is 9.40. The lowest BCUT2D eigenvalue weighted by Gasteiger charge is -2.38. The van der Waals surface area contributed by atoms with Crippen molar-refractivity contribution in [2.24, 2.45) is 0 Å². The molecule has 1 aromatic rings. The van der Waals surface area contributed by atoms with E-state index in [1.807, 2.05) is 30.3 Å². The van der Waals surface area contributed by atoms with E-state index in [0.717, 1.165) is 5.56 Å². The lowest BCUT2D eigenvalue weighted by Crippen LogP contribution is -2.51. The number of ether oxygens (including phenoxy) is 2. The van der Waals surface area contributed by atoms with Gasteiger partial charge < -0.3 is 19.5 Å². The van der Waals surface area contributed by atoms with Crippen LogP contribution in [0, 0.1) is 0 Å². The minimum atomic E-state index is -1.24. The Morgan fingerprint density at radius 3 is 2.70 bits per heavy atom. The van der Waals surface area contributed by atoms with Gasteiger partial charge in [0.15, 0.2) is 0 Å². The standard InChI is InChI=1S/C17H23NO5/c1-2-22-15(19)11-17(21)9-6-10-18(13-17)16(20)23-12-14-7-4-3-5-8-14/h3-5,7-8,21H,2,6,9-13H2,1H3. The first-order valence-electron chi connectivity index (χ1n) is 7.86. The fourth-order valence-corrected chi connectivity index (χ4v) is 2.70. The van der Waals surface area contributed by atoms with Crippen LogP contribution < -0.4 is 0 Å². The maximum Gasteiger partial charge on any atom is 0.410 e. The van der Waals surface area contributed by atoms with E-state index in [1.165, 1.54) is 4.90 Å². The Bertz CT molecular complexity index is 533. The molecular weight excluding hydrogens is 298 g/mol. The number of carbonyl (C=O) groups excluding carboxylic acids is 2. The molecule has 1 atom stereocenters. The fraction of sp³-hybridized carbons (Fsp3) is 0.529. The van der Waals surface area contributed by atoms with Crippen LogP contribution in [0.15, 0.2) is 30.3 Å². The van der Waals surface area contributed by atoms with Crippen LogP contribution in [0.4, 0.5) is 4.79 Å². The third-order valence-electron chi connectivity index (χ3n) is 3.80. The van der Waals surface area contributed by atoms with Crippen molar-refractivity contribution in [1.29, 1.82) is 0 Å². The average molecular weight is 321 g/mol. The van der Waals surface area contributed by atoms with Gasteiger partial charge in [-0.15, -0.1) is 0 Å². The first-order valence-corrected chi connectivity index (χ1v) is 7.86. The van der Waals surface area contributed by atoms with Gasteiger partial charge in [-0.2, -0.15) is 0 Å². The van der Waals surface area contributed by atoms with Crippen molar-refractivity contribution in [2.75, 3.05) is 19.7 Å². The second-order valence-electron chi connectivity index (χ2n) is 5.77. The summed E-state index contributed by atoms with van der Waals surface area (Å²) in [5.74, 6) is -0.450. The molecule has 126 valence electrons. The van der Waals surface area contributed by atoms with Gasteiger partial charge in [0.2, 0.25) is 0 Å². The van der Waals surface area contributed by atoms with Crippen LogP contribution in [-0.2, 0) is 20.9 Å². The van der Waals surface area contributed by atoms with Crippen LogP contribution >= 0.6 is 0 Å². The zero-order valence-corrected chi connectivity index (χ0v) is 13.4. The van der Waals surface area contributed by atoms with Gasteiger partial charge >= 0.3 is 12.1 Å². The molecule has 0 spiro atoms. The second-order valence-corrected chi connectivity index (χ2v) is 5.77. The molecule has 0 bridgehead atoms. The summed E-state index contributed by atoms with van der Waals surface area (Å²) < 4.78 is 10.2. The molecule has 1 aromatic carbocycles. The third kappa shape index (κ3) is 5.25. The molecule has 0 aromatic heterocycles. The van der Waals surface area contributed by atoms with Gasteiger partial charge in [0.25, 0.3) is 0 Å². The highest BCUT2D eigenvalue weighted by Crippen LogP contribution is 2.25. The van der Waals surface area contributed by atoms with Crippen molar-refractivity contribution in [1.82, 2.24) is 4.90 Å². The Labute approximate surface area is 136 Å². The van der Waals surface area contributed by atoms with Gasteiger partial charge in [0, 0.05) is 6.54 Å². The van der Waals surface area contributed by atoms with E-state index < -0.39 is 17.7 Å². The van der Waals surface area contributed by atoms with Crippen LogP contribution in [0.25, 0.3) is 0 Å². The molecular formula is C17H23NO5. The number of amides is 1. The van der Waals surface area contributed by atoms with Gasteiger partial charge in [0.05, 0.1) is 25.2 Å². The lowest BCUT2D eigenvalue weighted by molar-refractivity contribution is -0.150. The SMILES string of the molecule is CCOC(=O)CC1(O)CCCN(C(=O)OCc2ccccc2)C1. The van der Waals surface area contributed by atoms with Crippen molar-refractivity contribution in [3.63, 3.8) is 0 Å². The molecule has 23 heavy (non-hydrogen) atoms. The first-order chi connectivity index (χ1) is 11.0. The van der Waals surface area contributed by atoms with Gasteiger partial charge in [0.1, 0.15) is 6.61 Å². The number of aliphatic hydroxyl groups is 1.